The number of likely N-dealkylation sites (tertiary alicyclic amines) is 1. The molecule has 23 heavy (non-hydrogen) atoms. The van der Waals surface area contributed by atoms with Crippen LogP contribution in [-0.4, -0.2) is 33.1 Å². The summed E-state index contributed by atoms with van der Waals surface area (Å²) in [6.45, 7) is 4.92. The third kappa shape index (κ3) is 2.74. The highest BCUT2D eigenvalue weighted by atomic mass is 19.1. The number of rotatable bonds is 3. The second-order valence-corrected chi connectivity index (χ2v) is 6.26. The summed E-state index contributed by atoms with van der Waals surface area (Å²) >= 11 is 0. The lowest BCUT2D eigenvalue weighted by Crippen LogP contribution is -2.33. The molecule has 1 saturated heterocycles. The van der Waals surface area contributed by atoms with Gasteiger partial charge in [0.15, 0.2) is 5.82 Å². The zero-order chi connectivity index (χ0) is 15.8. The number of benzene rings is 1. The topological polar surface area (TPSA) is 58.0 Å². The average Bonchev–Trinajstić information content (AvgIpc) is 3.19. The molecular weight excluding hydrogens is 295 g/mol. The number of aryl methyl sites for hydroxylation is 1. The third-order valence-corrected chi connectivity index (χ3v) is 4.84. The van der Waals surface area contributed by atoms with Gasteiger partial charge in [0.05, 0.1) is 0 Å². The Morgan fingerprint density at radius 1 is 1.35 bits per heavy atom. The van der Waals surface area contributed by atoms with E-state index in [4.69, 9.17) is 4.52 Å². The first-order valence-corrected chi connectivity index (χ1v) is 7.96. The largest absolute Gasteiger partial charge is 0.357 e. The second kappa shape index (κ2) is 5.77. The number of H-pyrrole nitrogens is 1. The number of fused-ring (bicyclic) bond motifs is 1. The molecule has 4 rings (SSSR count). The molecule has 0 unspecified atom stereocenters. The molecule has 0 spiro atoms. The Balaban J connectivity index is 1.46. The summed E-state index contributed by atoms with van der Waals surface area (Å²) in [5.41, 5.74) is 3.31. The van der Waals surface area contributed by atoms with Crippen molar-refractivity contribution in [3.05, 3.63) is 47.5 Å². The Hall–Kier alpha value is -2.21. The minimum absolute atomic E-state index is 0.188. The predicted octanol–water partition coefficient (Wildman–Crippen LogP) is 3.38. The molecule has 0 aliphatic carbocycles. The molecule has 0 bridgehead atoms. The van der Waals surface area contributed by atoms with Crippen LogP contribution in [0.3, 0.4) is 0 Å². The van der Waals surface area contributed by atoms with Crippen LogP contribution in [0.5, 0.6) is 0 Å². The van der Waals surface area contributed by atoms with E-state index in [9.17, 15) is 4.39 Å². The fraction of sp³-hybridized carbons (Fsp3) is 0.412. The number of hydrogen-bond donors (Lipinski definition) is 1. The van der Waals surface area contributed by atoms with Gasteiger partial charge in [-0.2, -0.15) is 4.98 Å². The smallest absolute Gasteiger partial charge is 0.213 e. The summed E-state index contributed by atoms with van der Waals surface area (Å²) in [4.78, 5) is 10.0. The van der Waals surface area contributed by atoms with Gasteiger partial charge in [0.1, 0.15) is 5.82 Å². The Kier molecular flexibility index (Phi) is 3.61. The van der Waals surface area contributed by atoms with E-state index in [1.165, 1.54) is 18.2 Å². The molecule has 1 aliphatic heterocycles. The van der Waals surface area contributed by atoms with Gasteiger partial charge >= 0.3 is 0 Å². The molecule has 5 nitrogen and oxygen atoms in total. The van der Waals surface area contributed by atoms with Crippen molar-refractivity contribution in [2.45, 2.75) is 32.2 Å². The van der Waals surface area contributed by atoms with Crippen LogP contribution < -0.4 is 0 Å². The van der Waals surface area contributed by atoms with Crippen molar-refractivity contribution in [3.63, 3.8) is 0 Å². The van der Waals surface area contributed by atoms with Gasteiger partial charge in [-0.3, -0.25) is 4.90 Å². The third-order valence-electron chi connectivity index (χ3n) is 4.84. The second-order valence-electron chi connectivity index (χ2n) is 6.26. The van der Waals surface area contributed by atoms with Gasteiger partial charge < -0.3 is 9.51 Å². The van der Waals surface area contributed by atoms with Crippen molar-refractivity contribution in [2.24, 2.45) is 0 Å². The molecule has 1 aliphatic rings. The van der Waals surface area contributed by atoms with Crippen LogP contribution in [0.15, 0.2) is 29.1 Å². The SMILES string of the molecule is Cc1c(CN2CCC(c3ncon3)CC2)[nH]c2ccc(F)cc12. The van der Waals surface area contributed by atoms with Gasteiger partial charge in [0, 0.05) is 29.1 Å². The fourth-order valence-electron chi connectivity index (χ4n) is 3.44. The zero-order valence-corrected chi connectivity index (χ0v) is 13.1. The lowest BCUT2D eigenvalue weighted by molar-refractivity contribution is 0.198. The molecule has 3 heterocycles. The van der Waals surface area contributed by atoms with Gasteiger partial charge in [0.2, 0.25) is 6.39 Å². The van der Waals surface area contributed by atoms with Crippen LogP contribution in [-0.2, 0) is 6.54 Å². The van der Waals surface area contributed by atoms with Crippen molar-refractivity contribution < 1.29 is 8.91 Å². The lowest BCUT2D eigenvalue weighted by Gasteiger charge is -2.30. The summed E-state index contributed by atoms with van der Waals surface area (Å²) < 4.78 is 18.3. The van der Waals surface area contributed by atoms with Crippen molar-refractivity contribution >= 4 is 10.9 Å². The first-order chi connectivity index (χ1) is 11.2. The fourth-order valence-corrected chi connectivity index (χ4v) is 3.44. The molecule has 2 aromatic heterocycles. The van der Waals surface area contributed by atoms with E-state index in [1.807, 2.05) is 6.07 Å². The predicted molar refractivity (Wildman–Crippen MR) is 84.5 cm³/mol. The Labute approximate surface area is 133 Å². The average molecular weight is 314 g/mol. The van der Waals surface area contributed by atoms with Gasteiger partial charge in [-0.15, -0.1) is 0 Å². The number of aromatic amines is 1. The number of hydrogen-bond acceptors (Lipinski definition) is 4. The molecule has 1 N–H and O–H groups in total. The van der Waals surface area contributed by atoms with Crippen molar-refractivity contribution in [1.82, 2.24) is 20.0 Å². The van der Waals surface area contributed by atoms with Crippen molar-refractivity contribution in [2.75, 3.05) is 13.1 Å². The van der Waals surface area contributed by atoms with Crippen LogP contribution in [0.25, 0.3) is 10.9 Å². The standard InChI is InChI=1S/C17H19FN4O/c1-11-14-8-13(18)2-3-15(14)20-16(11)9-22-6-4-12(5-7-22)17-19-10-23-21-17/h2-3,8,10,12,20H,4-7,9H2,1H3. The molecule has 0 radical (unpaired) electrons. The number of nitrogens with zero attached hydrogens (tertiary/aromatic N) is 3. The number of halogens is 1. The molecule has 1 aromatic carbocycles. The normalized spacial score (nSPS) is 17.1. The number of nitrogens with one attached hydrogen (secondary N) is 1. The summed E-state index contributed by atoms with van der Waals surface area (Å²) in [5, 5.41) is 4.93. The van der Waals surface area contributed by atoms with E-state index < -0.39 is 0 Å². The van der Waals surface area contributed by atoms with Gasteiger partial charge in [-0.1, -0.05) is 5.16 Å². The summed E-state index contributed by atoms with van der Waals surface area (Å²) in [7, 11) is 0. The van der Waals surface area contributed by atoms with E-state index in [0.717, 1.165) is 54.8 Å². The maximum Gasteiger partial charge on any atom is 0.213 e. The summed E-state index contributed by atoms with van der Waals surface area (Å²) in [5.74, 6) is 1.02. The van der Waals surface area contributed by atoms with E-state index in [2.05, 4.69) is 26.9 Å². The Morgan fingerprint density at radius 3 is 2.91 bits per heavy atom. The summed E-state index contributed by atoms with van der Waals surface area (Å²) in [6.07, 6.45) is 3.47. The molecule has 6 heteroatoms. The first-order valence-electron chi connectivity index (χ1n) is 7.96. The first kappa shape index (κ1) is 14.4. The maximum atomic E-state index is 13.4. The molecule has 120 valence electrons. The van der Waals surface area contributed by atoms with Crippen molar-refractivity contribution in [1.29, 1.82) is 0 Å². The highest BCUT2D eigenvalue weighted by molar-refractivity contribution is 5.84. The maximum absolute atomic E-state index is 13.4. The van der Waals surface area contributed by atoms with E-state index in [0.29, 0.717) is 5.92 Å². The molecule has 3 aromatic rings. The zero-order valence-electron chi connectivity index (χ0n) is 13.1. The van der Waals surface area contributed by atoms with Crippen LogP contribution in [0.2, 0.25) is 0 Å². The Bertz CT molecular complexity index is 803. The van der Waals surface area contributed by atoms with Crippen LogP contribution >= 0.6 is 0 Å². The van der Waals surface area contributed by atoms with Gasteiger partial charge in [-0.25, -0.2) is 4.39 Å². The minimum Gasteiger partial charge on any atom is -0.357 e. The molecular formula is C17H19FN4O. The minimum atomic E-state index is -0.188. The number of piperidine rings is 1. The highest BCUT2D eigenvalue weighted by Gasteiger charge is 2.24. The van der Waals surface area contributed by atoms with Crippen molar-refractivity contribution in [3.8, 4) is 0 Å². The van der Waals surface area contributed by atoms with Gasteiger partial charge in [0.25, 0.3) is 0 Å². The quantitative estimate of drug-likeness (QED) is 0.805. The molecule has 0 amide bonds. The lowest BCUT2D eigenvalue weighted by atomic mass is 9.96. The van der Waals surface area contributed by atoms with E-state index >= 15 is 0 Å². The van der Waals surface area contributed by atoms with E-state index in [-0.39, 0.29) is 5.82 Å². The Morgan fingerprint density at radius 2 is 2.17 bits per heavy atom. The van der Waals surface area contributed by atoms with Crippen LogP contribution in [0.4, 0.5) is 4.39 Å². The van der Waals surface area contributed by atoms with Crippen LogP contribution in [0.1, 0.15) is 35.8 Å². The van der Waals surface area contributed by atoms with Crippen LogP contribution in [0, 0.1) is 12.7 Å². The molecule has 0 saturated carbocycles. The summed E-state index contributed by atoms with van der Waals surface area (Å²) in [6, 6.07) is 4.91. The molecule has 0 atom stereocenters. The van der Waals surface area contributed by atoms with E-state index in [1.54, 1.807) is 6.07 Å². The number of aromatic nitrogens is 3. The van der Waals surface area contributed by atoms with Gasteiger partial charge in [-0.05, 0) is 56.6 Å². The monoisotopic (exact) mass is 314 g/mol. The highest BCUT2D eigenvalue weighted by Crippen LogP contribution is 2.28. The molecule has 1 fully saturated rings.